The van der Waals surface area contributed by atoms with E-state index in [0.29, 0.717) is 32.2 Å². The van der Waals surface area contributed by atoms with Crippen LogP contribution in [0.4, 0.5) is 5.13 Å². The van der Waals surface area contributed by atoms with Crippen LogP contribution in [0.5, 0.6) is 0 Å². The molecule has 0 bridgehead atoms. The van der Waals surface area contributed by atoms with Crippen LogP contribution in [-0.2, 0) is 13.6 Å². The van der Waals surface area contributed by atoms with Crippen LogP contribution in [0.25, 0.3) is 32.3 Å². The van der Waals surface area contributed by atoms with Gasteiger partial charge < -0.3 is 18.8 Å². The van der Waals surface area contributed by atoms with Crippen molar-refractivity contribution >= 4 is 57.5 Å². The van der Waals surface area contributed by atoms with Gasteiger partial charge in [-0.25, -0.2) is 14.8 Å². The van der Waals surface area contributed by atoms with Crippen LogP contribution in [0.2, 0.25) is 5.15 Å². The third-order valence-electron chi connectivity index (χ3n) is 5.61. The molecule has 1 N–H and O–H groups in total. The molecule has 11 heteroatoms. The predicted molar refractivity (Wildman–Crippen MR) is 148 cm³/mol. The van der Waals surface area contributed by atoms with Gasteiger partial charge >= 0.3 is 13.2 Å². The van der Waals surface area contributed by atoms with Gasteiger partial charge in [0, 0.05) is 22.5 Å². The molecular weight excluding hydrogens is 533 g/mol. The molecule has 0 aliphatic heterocycles. The molecule has 0 saturated carbocycles. The van der Waals surface area contributed by atoms with Crippen molar-refractivity contribution in [1.29, 1.82) is 0 Å². The predicted octanol–water partition coefficient (Wildman–Crippen LogP) is 7.49. The number of para-hydroxylation sites is 2. The number of hydrogen-bond acceptors (Lipinski definition) is 9. The second-order valence-electron chi connectivity index (χ2n) is 8.00. The highest BCUT2D eigenvalue weighted by Gasteiger charge is 2.39. The van der Waals surface area contributed by atoms with Crippen molar-refractivity contribution < 1.29 is 18.0 Å². The lowest BCUT2D eigenvalue weighted by Crippen LogP contribution is -2.16. The number of hydrogen-bond donors (Lipinski definition) is 1. The second kappa shape index (κ2) is 10.7. The Balaban J connectivity index is 1.57. The highest BCUT2D eigenvalue weighted by atomic mass is 35.5. The number of fused-ring (bicyclic) bond motifs is 2. The Bertz CT molecular complexity index is 1680. The number of nitrogens with zero attached hydrogens (tertiary/aromatic N) is 2. The van der Waals surface area contributed by atoms with Gasteiger partial charge in [0.2, 0.25) is 0 Å². The Kier molecular flexibility index (Phi) is 7.42. The number of nitrogens with one attached hydrogen (secondary N) is 1. The van der Waals surface area contributed by atoms with E-state index < -0.39 is 19.0 Å². The Morgan fingerprint density at radius 2 is 1.76 bits per heavy atom. The summed E-state index contributed by atoms with van der Waals surface area (Å²) in [6.07, 6.45) is 1.57. The summed E-state index contributed by atoms with van der Waals surface area (Å²) >= 11 is 7.81. The summed E-state index contributed by atoms with van der Waals surface area (Å²) in [5.74, 6) is -0.996. The molecule has 0 radical (unpaired) electrons. The first-order valence-electron chi connectivity index (χ1n) is 11.6. The van der Waals surface area contributed by atoms with Crippen molar-refractivity contribution in [2.24, 2.45) is 0 Å². The Labute approximate surface area is 221 Å². The normalized spacial score (nSPS) is 12.7. The van der Waals surface area contributed by atoms with E-state index in [9.17, 15) is 9.36 Å². The zero-order valence-corrected chi connectivity index (χ0v) is 22.5. The highest BCUT2D eigenvalue weighted by molar-refractivity contribution is 7.54. The summed E-state index contributed by atoms with van der Waals surface area (Å²) in [4.78, 5) is 22.2. The molecule has 0 aliphatic carbocycles. The largest absolute Gasteiger partial charge is 0.422 e. The van der Waals surface area contributed by atoms with Crippen LogP contribution in [0, 0.1) is 0 Å². The van der Waals surface area contributed by atoms with Crippen LogP contribution in [0.3, 0.4) is 0 Å². The van der Waals surface area contributed by atoms with Crippen LogP contribution in [0.1, 0.15) is 25.2 Å². The second-order valence-corrected chi connectivity index (χ2v) is 11.5. The molecule has 2 aromatic carbocycles. The van der Waals surface area contributed by atoms with Crippen molar-refractivity contribution in [3.05, 3.63) is 88.0 Å². The van der Waals surface area contributed by atoms with Gasteiger partial charge in [0.25, 0.3) is 0 Å². The first-order valence-corrected chi connectivity index (χ1v) is 14.4. The van der Waals surface area contributed by atoms with Crippen molar-refractivity contribution in [2.45, 2.75) is 19.6 Å². The van der Waals surface area contributed by atoms with Gasteiger partial charge in [-0.2, -0.15) is 0 Å². The fourth-order valence-corrected chi connectivity index (χ4v) is 7.17. The average molecular weight is 556 g/mol. The highest BCUT2D eigenvalue weighted by Crippen LogP contribution is 2.62. The molecule has 1 unspecified atom stereocenters. The summed E-state index contributed by atoms with van der Waals surface area (Å²) < 4.78 is 30.8. The Morgan fingerprint density at radius 3 is 2.51 bits per heavy atom. The van der Waals surface area contributed by atoms with E-state index >= 15 is 0 Å². The van der Waals surface area contributed by atoms with Gasteiger partial charge in [-0.05, 0) is 38.1 Å². The SMILES string of the molecule is CCOP(=O)(OCC)C(Nc1ncc(-c2cc3ccccc3oc2=O)s1)c1cc2ccccc2nc1Cl. The fourth-order valence-electron chi connectivity index (χ4n) is 3.99. The molecule has 0 fully saturated rings. The number of rotatable bonds is 9. The van der Waals surface area contributed by atoms with E-state index in [2.05, 4.69) is 15.3 Å². The molecule has 3 aromatic heterocycles. The third kappa shape index (κ3) is 5.19. The van der Waals surface area contributed by atoms with Crippen molar-refractivity contribution in [2.75, 3.05) is 18.5 Å². The number of benzene rings is 2. The zero-order valence-electron chi connectivity index (χ0n) is 20.0. The number of anilines is 1. The Morgan fingerprint density at radius 1 is 1.05 bits per heavy atom. The van der Waals surface area contributed by atoms with Crippen LogP contribution >= 0.6 is 30.5 Å². The maximum Gasteiger partial charge on any atom is 0.357 e. The van der Waals surface area contributed by atoms with E-state index in [1.165, 1.54) is 11.3 Å². The van der Waals surface area contributed by atoms with Crippen molar-refractivity contribution in [3.8, 4) is 10.4 Å². The van der Waals surface area contributed by atoms with Gasteiger partial charge in [-0.3, -0.25) is 4.57 Å². The quantitative estimate of drug-likeness (QED) is 0.113. The van der Waals surface area contributed by atoms with E-state index in [1.807, 2.05) is 48.5 Å². The lowest BCUT2D eigenvalue weighted by Gasteiger charge is -2.27. The number of aromatic nitrogens is 2. The molecule has 0 spiro atoms. The molecule has 0 amide bonds. The molecule has 0 aliphatic rings. The zero-order chi connectivity index (χ0) is 26.0. The van der Waals surface area contributed by atoms with E-state index in [0.717, 1.165) is 10.8 Å². The summed E-state index contributed by atoms with van der Waals surface area (Å²) in [5, 5.41) is 5.38. The molecule has 1 atom stereocenters. The monoisotopic (exact) mass is 555 g/mol. The van der Waals surface area contributed by atoms with Crippen LogP contribution in [0.15, 0.2) is 76.1 Å². The maximum absolute atomic E-state index is 14.0. The summed E-state index contributed by atoms with van der Waals surface area (Å²) in [6, 6.07) is 18.4. The van der Waals surface area contributed by atoms with Crippen molar-refractivity contribution in [1.82, 2.24) is 9.97 Å². The molecule has 3 heterocycles. The molecule has 37 heavy (non-hydrogen) atoms. The molecule has 5 aromatic rings. The topological polar surface area (TPSA) is 104 Å². The Hall–Kier alpha value is -3.07. The molecule has 190 valence electrons. The minimum atomic E-state index is -3.78. The van der Waals surface area contributed by atoms with E-state index in [-0.39, 0.29) is 18.4 Å². The van der Waals surface area contributed by atoms with Gasteiger partial charge in [0.1, 0.15) is 10.7 Å². The molecular formula is C26H23ClN3O5PS. The average Bonchev–Trinajstić information content (AvgIpc) is 3.35. The van der Waals surface area contributed by atoms with Crippen LogP contribution in [-0.4, -0.2) is 23.2 Å². The van der Waals surface area contributed by atoms with E-state index in [4.69, 9.17) is 25.1 Å². The summed E-state index contributed by atoms with van der Waals surface area (Å²) in [7, 11) is -3.78. The maximum atomic E-state index is 14.0. The first-order chi connectivity index (χ1) is 17.9. The summed E-state index contributed by atoms with van der Waals surface area (Å²) in [5.41, 5.74) is 1.57. The van der Waals surface area contributed by atoms with Gasteiger partial charge in [-0.1, -0.05) is 59.3 Å². The number of thiazole rings is 1. The van der Waals surface area contributed by atoms with E-state index in [1.54, 1.807) is 32.2 Å². The lowest BCUT2D eigenvalue weighted by atomic mass is 10.1. The molecule has 5 rings (SSSR count). The third-order valence-corrected chi connectivity index (χ3v) is 9.15. The first kappa shape index (κ1) is 25.6. The van der Waals surface area contributed by atoms with Gasteiger partial charge in [-0.15, -0.1) is 0 Å². The van der Waals surface area contributed by atoms with Gasteiger partial charge in [0.05, 0.1) is 29.2 Å². The smallest absolute Gasteiger partial charge is 0.357 e. The van der Waals surface area contributed by atoms with Crippen molar-refractivity contribution in [3.63, 3.8) is 0 Å². The number of pyridine rings is 1. The lowest BCUT2D eigenvalue weighted by molar-refractivity contribution is 0.214. The van der Waals surface area contributed by atoms with Gasteiger partial charge in [0.15, 0.2) is 10.9 Å². The minimum Gasteiger partial charge on any atom is -0.422 e. The standard InChI is InChI=1S/C26H23ClN3O5PS/c1-3-33-36(32,34-4-2)24(19-13-16-9-5-7-11-20(16)29-23(19)27)30-26-28-15-22(37-26)18-14-17-10-6-8-12-21(17)35-25(18)31/h5-15,24H,3-4H2,1-2H3,(H,28,30). The van der Waals surface area contributed by atoms with Crippen LogP contribution < -0.4 is 10.9 Å². The number of halogens is 1. The molecule has 8 nitrogen and oxygen atoms in total. The molecule has 0 saturated heterocycles. The fraction of sp³-hybridized carbons (Fsp3) is 0.192. The summed E-state index contributed by atoms with van der Waals surface area (Å²) in [6.45, 7) is 3.80. The minimum absolute atomic E-state index is 0.162.